The molecule has 0 bridgehead atoms. The molecule has 0 N–H and O–H groups in total. The lowest BCUT2D eigenvalue weighted by Gasteiger charge is -2.22. The van der Waals surface area contributed by atoms with Gasteiger partial charge in [-0.25, -0.2) is 8.42 Å². The van der Waals surface area contributed by atoms with Crippen LogP contribution in [0.5, 0.6) is 0 Å². The maximum absolute atomic E-state index is 12.0. The SMILES string of the molecule is CC(=O)c1ccc(N(Cc2ccccc2)S(C)(=O)=O)cc1. The third-order valence-corrected chi connectivity index (χ3v) is 4.27. The molecule has 0 aliphatic heterocycles. The number of anilines is 1. The normalized spacial score (nSPS) is 11.1. The summed E-state index contributed by atoms with van der Waals surface area (Å²) in [6.45, 7) is 1.74. The number of rotatable bonds is 5. The number of ketones is 1. The number of hydrogen-bond acceptors (Lipinski definition) is 3. The molecule has 0 atom stereocenters. The minimum atomic E-state index is -3.40. The fraction of sp³-hybridized carbons (Fsp3) is 0.188. The lowest BCUT2D eigenvalue weighted by Crippen LogP contribution is -2.29. The highest BCUT2D eigenvalue weighted by molar-refractivity contribution is 7.92. The fourth-order valence-corrected chi connectivity index (χ4v) is 2.90. The predicted molar refractivity (Wildman–Crippen MR) is 83.9 cm³/mol. The topological polar surface area (TPSA) is 54.5 Å². The minimum Gasteiger partial charge on any atom is -0.295 e. The van der Waals surface area contributed by atoms with Gasteiger partial charge in [-0.15, -0.1) is 0 Å². The molecule has 2 aromatic rings. The van der Waals surface area contributed by atoms with Crippen molar-refractivity contribution in [2.45, 2.75) is 13.5 Å². The van der Waals surface area contributed by atoms with Gasteiger partial charge in [-0.3, -0.25) is 9.10 Å². The van der Waals surface area contributed by atoms with Crippen LogP contribution in [0.4, 0.5) is 5.69 Å². The molecule has 0 aliphatic rings. The first-order valence-corrected chi connectivity index (χ1v) is 8.35. The molecule has 0 saturated heterocycles. The Morgan fingerprint density at radius 2 is 1.57 bits per heavy atom. The van der Waals surface area contributed by atoms with E-state index in [-0.39, 0.29) is 12.3 Å². The van der Waals surface area contributed by atoms with Crippen LogP contribution in [-0.2, 0) is 16.6 Å². The van der Waals surface area contributed by atoms with Gasteiger partial charge in [0, 0.05) is 5.56 Å². The van der Waals surface area contributed by atoms with Gasteiger partial charge in [0.2, 0.25) is 10.0 Å². The number of Topliss-reactive ketones (excluding diaryl/α,β-unsaturated/α-hetero) is 1. The van der Waals surface area contributed by atoms with Crippen LogP contribution in [0.2, 0.25) is 0 Å². The summed E-state index contributed by atoms with van der Waals surface area (Å²) < 4.78 is 25.4. The summed E-state index contributed by atoms with van der Waals surface area (Å²) >= 11 is 0. The number of nitrogens with zero attached hydrogens (tertiary/aromatic N) is 1. The van der Waals surface area contributed by atoms with Crippen molar-refractivity contribution >= 4 is 21.5 Å². The maximum Gasteiger partial charge on any atom is 0.232 e. The zero-order valence-corrected chi connectivity index (χ0v) is 12.8. The van der Waals surface area contributed by atoms with Gasteiger partial charge in [0.05, 0.1) is 18.5 Å². The third kappa shape index (κ3) is 3.92. The lowest BCUT2D eigenvalue weighted by molar-refractivity contribution is 0.101. The average molecular weight is 303 g/mol. The Labute approximate surface area is 125 Å². The Kier molecular flexibility index (Phi) is 4.43. The van der Waals surface area contributed by atoms with E-state index < -0.39 is 10.0 Å². The molecule has 2 rings (SSSR count). The first-order chi connectivity index (χ1) is 9.88. The van der Waals surface area contributed by atoms with E-state index in [0.29, 0.717) is 11.3 Å². The second-order valence-corrected chi connectivity index (χ2v) is 6.77. The van der Waals surface area contributed by atoms with Crippen molar-refractivity contribution in [3.05, 3.63) is 65.7 Å². The first-order valence-electron chi connectivity index (χ1n) is 6.50. The predicted octanol–water partition coefficient (Wildman–Crippen LogP) is 2.86. The number of hydrogen-bond donors (Lipinski definition) is 0. The molecule has 5 heteroatoms. The molecule has 0 aliphatic carbocycles. The Balaban J connectivity index is 2.35. The van der Waals surface area contributed by atoms with Crippen molar-refractivity contribution < 1.29 is 13.2 Å². The monoisotopic (exact) mass is 303 g/mol. The standard InChI is InChI=1S/C16H17NO3S/c1-13(18)15-8-10-16(11-9-15)17(21(2,19)20)12-14-6-4-3-5-7-14/h3-11H,12H2,1-2H3. The van der Waals surface area contributed by atoms with Crippen LogP contribution < -0.4 is 4.31 Å². The van der Waals surface area contributed by atoms with Crippen LogP contribution >= 0.6 is 0 Å². The fourth-order valence-electron chi connectivity index (χ4n) is 2.01. The molecule has 2 aromatic carbocycles. The van der Waals surface area contributed by atoms with Crippen LogP contribution in [0, 0.1) is 0 Å². The first kappa shape index (κ1) is 15.3. The van der Waals surface area contributed by atoms with Crippen molar-refractivity contribution in [1.82, 2.24) is 0 Å². The van der Waals surface area contributed by atoms with Crippen molar-refractivity contribution in [3.63, 3.8) is 0 Å². The molecule has 21 heavy (non-hydrogen) atoms. The zero-order chi connectivity index (χ0) is 15.5. The number of benzene rings is 2. The van der Waals surface area contributed by atoms with Gasteiger partial charge in [0.15, 0.2) is 5.78 Å². The van der Waals surface area contributed by atoms with Gasteiger partial charge >= 0.3 is 0 Å². The Morgan fingerprint density at radius 1 is 1.00 bits per heavy atom. The van der Waals surface area contributed by atoms with Crippen LogP contribution in [0.25, 0.3) is 0 Å². The number of sulfonamides is 1. The number of carbonyl (C=O) groups excluding carboxylic acids is 1. The molecular weight excluding hydrogens is 286 g/mol. The number of carbonyl (C=O) groups is 1. The largest absolute Gasteiger partial charge is 0.295 e. The van der Waals surface area contributed by atoms with Gasteiger partial charge in [0.1, 0.15) is 0 Å². The van der Waals surface area contributed by atoms with E-state index in [1.54, 1.807) is 24.3 Å². The molecule has 0 saturated carbocycles. The molecule has 0 aromatic heterocycles. The second kappa shape index (κ2) is 6.10. The summed E-state index contributed by atoms with van der Waals surface area (Å²) in [5.74, 6) is -0.0458. The molecule has 0 spiro atoms. The summed E-state index contributed by atoms with van der Waals surface area (Å²) in [6.07, 6.45) is 1.18. The van der Waals surface area contributed by atoms with Gasteiger partial charge in [-0.1, -0.05) is 30.3 Å². The minimum absolute atomic E-state index is 0.0458. The summed E-state index contributed by atoms with van der Waals surface area (Å²) in [7, 11) is -3.40. The molecule has 0 radical (unpaired) electrons. The maximum atomic E-state index is 12.0. The molecule has 0 fully saturated rings. The highest BCUT2D eigenvalue weighted by atomic mass is 32.2. The van der Waals surface area contributed by atoms with Gasteiger partial charge in [-0.2, -0.15) is 0 Å². The Morgan fingerprint density at radius 3 is 2.05 bits per heavy atom. The van der Waals surface area contributed by atoms with E-state index in [1.165, 1.54) is 17.5 Å². The molecule has 110 valence electrons. The van der Waals surface area contributed by atoms with Crippen LogP contribution in [-0.4, -0.2) is 20.5 Å². The van der Waals surface area contributed by atoms with E-state index in [2.05, 4.69) is 0 Å². The summed E-state index contributed by atoms with van der Waals surface area (Å²) in [5, 5.41) is 0. The van der Waals surface area contributed by atoms with Gasteiger partial charge in [0.25, 0.3) is 0 Å². The summed E-state index contributed by atoms with van der Waals surface area (Å²) in [6, 6.07) is 16.0. The van der Waals surface area contributed by atoms with Crippen LogP contribution in [0.15, 0.2) is 54.6 Å². The van der Waals surface area contributed by atoms with Crippen molar-refractivity contribution in [3.8, 4) is 0 Å². The van der Waals surface area contributed by atoms with Crippen molar-refractivity contribution in [2.24, 2.45) is 0 Å². The molecular formula is C16H17NO3S. The average Bonchev–Trinajstić information content (AvgIpc) is 2.45. The van der Waals surface area contributed by atoms with Crippen molar-refractivity contribution in [2.75, 3.05) is 10.6 Å². The van der Waals surface area contributed by atoms with E-state index in [4.69, 9.17) is 0 Å². The molecule has 0 unspecified atom stereocenters. The zero-order valence-electron chi connectivity index (χ0n) is 12.0. The second-order valence-electron chi connectivity index (χ2n) is 4.86. The summed E-state index contributed by atoms with van der Waals surface area (Å²) in [5.41, 5.74) is 2.01. The Hall–Kier alpha value is -2.14. The highest BCUT2D eigenvalue weighted by Gasteiger charge is 2.17. The van der Waals surface area contributed by atoms with Crippen LogP contribution in [0.1, 0.15) is 22.8 Å². The third-order valence-electron chi connectivity index (χ3n) is 3.13. The van der Waals surface area contributed by atoms with E-state index in [9.17, 15) is 13.2 Å². The molecule has 0 amide bonds. The molecule has 4 nitrogen and oxygen atoms in total. The van der Waals surface area contributed by atoms with E-state index in [1.807, 2.05) is 30.3 Å². The summed E-state index contributed by atoms with van der Waals surface area (Å²) in [4.78, 5) is 11.3. The lowest BCUT2D eigenvalue weighted by atomic mass is 10.1. The van der Waals surface area contributed by atoms with Crippen molar-refractivity contribution in [1.29, 1.82) is 0 Å². The smallest absolute Gasteiger partial charge is 0.232 e. The molecule has 0 heterocycles. The highest BCUT2D eigenvalue weighted by Crippen LogP contribution is 2.21. The van der Waals surface area contributed by atoms with Crippen LogP contribution in [0.3, 0.4) is 0 Å². The van der Waals surface area contributed by atoms with Gasteiger partial charge < -0.3 is 0 Å². The quantitative estimate of drug-likeness (QED) is 0.798. The van der Waals surface area contributed by atoms with Gasteiger partial charge in [-0.05, 0) is 36.8 Å². The Bertz CT molecular complexity index is 722. The van der Waals surface area contributed by atoms with E-state index >= 15 is 0 Å². The van der Waals surface area contributed by atoms with E-state index in [0.717, 1.165) is 5.56 Å².